The van der Waals surface area contributed by atoms with Crippen molar-refractivity contribution >= 4 is 22.6 Å². The van der Waals surface area contributed by atoms with Crippen LogP contribution in [-0.4, -0.2) is 3.92 Å². The molecule has 0 aromatic heterocycles. The number of hydrogen-bond acceptors (Lipinski definition) is 0. The molecule has 2 saturated carbocycles. The van der Waals surface area contributed by atoms with E-state index >= 15 is 0 Å². The minimum Gasteiger partial charge on any atom is -0.0826 e. The average molecular weight is 382 g/mol. The quantitative estimate of drug-likeness (QED) is 0.418. The number of aryl methyl sites for hydroxylation is 1. The van der Waals surface area contributed by atoms with E-state index in [1.165, 1.54) is 56.9 Å². The zero-order chi connectivity index (χ0) is 13.9. The molecule has 0 saturated heterocycles. The van der Waals surface area contributed by atoms with Gasteiger partial charge in [-0.2, -0.15) is 0 Å². The van der Waals surface area contributed by atoms with Crippen molar-refractivity contribution < 1.29 is 0 Å². The second-order valence-electron chi connectivity index (χ2n) is 7.03. The van der Waals surface area contributed by atoms with Crippen LogP contribution >= 0.6 is 22.6 Å². The summed E-state index contributed by atoms with van der Waals surface area (Å²) in [7, 11) is 0. The fourth-order valence-electron chi connectivity index (χ4n) is 4.31. The molecule has 0 heterocycles. The Hall–Kier alpha value is -0.0500. The van der Waals surface area contributed by atoms with Gasteiger partial charge in [0, 0.05) is 3.92 Å². The van der Waals surface area contributed by atoms with Crippen molar-refractivity contribution in [2.75, 3.05) is 0 Å². The first-order chi connectivity index (χ1) is 9.72. The molecule has 20 heavy (non-hydrogen) atoms. The van der Waals surface area contributed by atoms with Crippen molar-refractivity contribution in [2.24, 2.45) is 11.8 Å². The molecular weight excluding hydrogens is 355 g/mol. The van der Waals surface area contributed by atoms with Gasteiger partial charge in [-0.1, -0.05) is 52.4 Å². The molecule has 2 aliphatic carbocycles. The zero-order valence-corrected chi connectivity index (χ0v) is 14.8. The van der Waals surface area contributed by atoms with Gasteiger partial charge in [-0.05, 0) is 81.6 Å². The lowest BCUT2D eigenvalue weighted by atomic mass is 9.70. The molecular formula is C19H27I. The lowest BCUT2D eigenvalue weighted by molar-refractivity contribution is 0.190. The molecule has 0 aliphatic heterocycles. The molecule has 0 amide bonds. The summed E-state index contributed by atoms with van der Waals surface area (Å²) >= 11 is 2.65. The summed E-state index contributed by atoms with van der Waals surface area (Å²) in [6.45, 7) is 2.18. The predicted octanol–water partition coefficient (Wildman–Crippen LogP) is 6.26. The number of rotatable bonds is 2. The number of alkyl halides is 1. The Morgan fingerprint density at radius 3 is 1.80 bits per heavy atom. The summed E-state index contributed by atoms with van der Waals surface area (Å²) in [6.07, 6.45) is 11.8. The fraction of sp³-hybridized carbons (Fsp3) is 0.684. The van der Waals surface area contributed by atoms with Crippen molar-refractivity contribution in [1.82, 2.24) is 0 Å². The van der Waals surface area contributed by atoms with Crippen LogP contribution in [0.15, 0.2) is 24.3 Å². The molecule has 2 fully saturated rings. The highest BCUT2D eigenvalue weighted by molar-refractivity contribution is 14.1. The molecule has 0 N–H and O–H groups in total. The Kier molecular flexibility index (Phi) is 5.06. The zero-order valence-electron chi connectivity index (χ0n) is 12.7. The Morgan fingerprint density at radius 2 is 1.25 bits per heavy atom. The summed E-state index contributed by atoms with van der Waals surface area (Å²) in [5.41, 5.74) is 2.98. The van der Waals surface area contributed by atoms with Crippen LogP contribution in [0.5, 0.6) is 0 Å². The van der Waals surface area contributed by atoms with E-state index in [0.717, 1.165) is 21.7 Å². The van der Waals surface area contributed by atoms with Crippen molar-refractivity contribution in [3.8, 4) is 0 Å². The largest absolute Gasteiger partial charge is 0.0826 e. The average Bonchev–Trinajstić information content (AvgIpc) is 2.49. The molecule has 110 valence electrons. The van der Waals surface area contributed by atoms with Crippen molar-refractivity contribution in [3.05, 3.63) is 35.4 Å². The van der Waals surface area contributed by atoms with E-state index in [4.69, 9.17) is 0 Å². The lowest BCUT2D eigenvalue weighted by Crippen LogP contribution is -2.25. The molecule has 3 rings (SSSR count). The summed E-state index contributed by atoms with van der Waals surface area (Å²) in [6, 6.07) is 9.29. The van der Waals surface area contributed by atoms with Gasteiger partial charge in [0.05, 0.1) is 0 Å². The van der Waals surface area contributed by atoms with E-state index in [-0.39, 0.29) is 0 Å². The summed E-state index contributed by atoms with van der Waals surface area (Å²) in [4.78, 5) is 0. The highest BCUT2D eigenvalue weighted by atomic mass is 127. The highest BCUT2D eigenvalue weighted by Crippen LogP contribution is 2.43. The van der Waals surface area contributed by atoms with Gasteiger partial charge in [-0.3, -0.25) is 0 Å². The van der Waals surface area contributed by atoms with Gasteiger partial charge in [0.25, 0.3) is 0 Å². The maximum absolute atomic E-state index is 2.65. The smallest absolute Gasteiger partial charge is 0.0110 e. The minimum absolute atomic E-state index is 0.841. The molecule has 1 heteroatoms. The predicted molar refractivity (Wildman–Crippen MR) is 95.6 cm³/mol. The lowest BCUT2D eigenvalue weighted by Gasteiger charge is -2.37. The third kappa shape index (κ3) is 3.58. The van der Waals surface area contributed by atoms with Crippen LogP contribution in [0.2, 0.25) is 0 Å². The molecule has 0 radical (unpaired) electrons. The first kappa shape index (κ1) is 14.9. The van der Waals surface area contributed by atoms with E-state index in [2.05, 4.69) is 53.8 Å². The van der Waals surface area contributed by atoms with Gasteiger partial charge in [-0.25, -0.2) is 0 Å². The van der Waals surface area contributed by atoms with E-state index in [0.29, 0.717) is 0 Å². The first-order valence-electron chi connectivity index (χ1n) is 8.43. The normalized spacial score (nSPS) is 34.9. The molecule has 0 spiro atoms. The second kappa shape index (κ2) is 6.81. The number of halogens is 1. The van der Waals surface area contributed by atoms with E-state index in [9.17, 15) is 0 Å². The Bertz CT molecular complexity index is 406. The number of benzene rings is 1. The molecule has 0 bridgehead atoms. The SMILES string of the molecule is Cc1ccc(C2CCC(C3CCC(I)CC3)CC2)cc1. The van der Waals surface area contributed by atoms with Gasteiger partial charge in [0.15, 0.2) is 0 Å². The Balaban J connectivity index is 1.53. The van der Waals surface area contributed by atoms with Crippen LogP contribution in [-0.2, 0) is 0 Å². The topological polar surface area (TPSA) is 0 Å². The maximum atomic E-state index is 2.65. The van der Waals surface area contributed by atoms with E-state index in [1.54, 1.807) is 5.56 Å². The van der Waals surface area contributed by atoms with Gasteiger partial charge >= 0.3 is 0 Å². The molecule has 0 atom stereocenters. The monoisotopic (exact) mass is 382 g/mol. The van der Waals surface area contributed by atoms with Crippen LogP contribution < -0.4 is 0 Å². The van der Waals surface area contributed by atoms with Crippen LogP contribution in [0.3, 0.4) is 0 Å². The van der Waals surface area contributed by atoms with Crippen LogP contribution in [0, 0.1) is 18.8 Å². The summed E-state index contributed by atoms with van der Waals surface area (Å²) in [5.74, 6) is 2.94. The summed E-state index contributed by atoms with van der Waals surface area (Å²) in [5, 5.41) is 0. The third-order valence-corrected chi connectivity index (χ3v) is 6.93. The summed E-state index contributed by atoms with van der Waals surface area (Å²) < 4.78 is 0.966. The fourth-order valence-corrected chi connectivity index (χ4v) is 5.03. The van der Waals surface area contributed by atoms with Gasteiger partial charge < -0.3 is 0 Å². The highest BCUT2D eigenvalue weighted by Gasteiger charge is 2.30. The molecule has 1 aromatic rings. The van der Waals surface area contributed by atoms with Crippen molar-refractivity contribution in [3.63, 3.8) is 0 Å². The van der Waals surface area contributed by atoms with Crippen molar-refractivity contribution in [2.45, 2.75) is 68.1 Å². The molecule has 0 nitrogen and oxygen atoms in total. The van der Waals surface area contributed by atoms with Gasteiger partial charge in [-0.15, -0.1) is 0 Å². The van der Waals surface area contributed by atoms with E-state index < -0.39 is 0 Å². The van der Waals surface area contributed by atoms with Crippen LogP contribution in [0.4, 0.5) is 0 Å². The van der Waals surface area contributed by atoms with Crippen molar-refractivity contribution in [1.29, 1.82) is 0 Å². The van der Waals surface area contributed by atoms with Gasteiger partial charge in [0.1, 0.15) is 0 Å². The first-order valence-corrected chi connectivity index (χ1v) is 9.67. The standard InChI is InChI=1S/C19H27I/c1-14-2-4-15(5-3-14)16-6-8-17(9-7-16)18-10-12-19(20)13-11-18/h2-5,16-19H,6-13H2,1H3. The molecule has 0 unspecified atom stereocenters. The third-order valence-electron chi connectivity index (χ3n) is 5.69. The van der Waals surface area contributed by atoms with Gasteiger partial charge in [0.2, 0.25) is 0 Å². The maximum Gasteiger partial charge on any atom is 0.0110 e. The second-order valence-corrected chi connectivity index (χ2v) is 8.80. The molecule has 1 aromatic carbocycles. The molecule has 2 aliphatic rings. The minimum atomic E-state index is 0.841. The van der Waals surface area contributed by atoms with Crippen LogP contribution in [0.25, 0.3) is 0 Å². The Labute approximate surface area is 137 Å². The number of hydrogen-bond donors (Lipinski definition) is 0. The van der Waals surface area contributed by atoms with E-state index in [1.807, 2.05) is 0 Å². The Morgan fingerprint density at radius 1 is 0.750 bits per heavy atom. The van der Waals surface area contributed by atoms with Crippen LogP contribution in [0.1, 0.15) is 68.4 Å².